The zero-order chi connectivity index (χ0) is 13.2. The topological polar surface area (TPSA) is 66.6 Å². The van der Waals surface area contributed by atoms with Crippen molar-refractivity contribution in [1.29, 1.82) is 0 Å². The van der Waals surface area contributed by atoms with Gasteiger partial charge in [0.1, 0.15) is 5.54 Å². The maximum absolute atomic E-state index is 12.1. The second-order valence-electron chi connectivity index (χ2n) is 5.35. The predicted molar refractivity (Wildman–Crippen MR) is 73.6 cm³/mol. The third-order valence-electron chi connectivity index (χ3n) is 3.32. The first-order valence-corrected chi connectivity index (χ1v) is 6.08. The average molecular weight is 278 g/mol. The standard InChI is InChI=1S/C12H23N3O2.ClH/c1-9(13)5-6-10(16)15-8-7-14(4)11(17)12(15,2)3;/h9H,5-8,13H2,1-4H3;1H. The number of hydrogen-bond donors (Lipinski definition) is 1. The lowest BCUT2D eigenvalue weighted by Crippen LogP contribution is -2.63. The van der Waals surface area contributed by atoms with Crippen LogP contribution in [0.25, 0.3) is 0 Å². The van der Waals surface area contributed by atoms with E-state index in [0.717, 1.165) is 0 Å². The number of piperazine rings is 1. The van der Waals surface area contributed by atoms with Crippen molar-refractivity contribution in [3.63, 3.8) is 0 Å². The van der Waals surface area contributed by atoms with Gasteiger partial charge in [-0.2, -0.15) is 0 Å². The van der Waals surface area contributed by atoms with Crippen LogP contribution in [0.4, 0.5) is 0 Å². The predicted octanol–water partition coefficient (Wildman–Crippen LogP) is 0.615. The molecule has 1 atom stereocenters. The summed E-state index contributed by atoms with van der Waals surface area (Å²) in [4.78, 5) is 27.4. The highest BCUT2D eigenvalue weighted by Crippen LogP contribution is 2.22. The number of nitrogens with two attached hydrogens (primary N) is 1. The van der Waals surface area contributed by atoms with E-state index in [0.29, 0.717) is 25.9 Å². The molecule has 0 aliphatic carbocycles. The van der Waals surface area contributed by atoms with Crippen molar-refractivity contribution in [3.8, 4) is 0 Å². The van der Waals surface area contributed by atoms with Crippen molar-refractivity contribution < 1.29 is 9.59 Å². The van der Waals surface area contributed by atoms with Gasteiger partial charge in [-0.15, -0.1) is 12.4 Å². The average Bonchev–Trinajstić information content (AvgIpc) is 2.23. The minimum atomic E-state index is -0.734. The SMILES string of the molecule is CC(N)CCC(=O)N1CCN(C)C(=O)C1(C)C.Cl. The van der Waals surface area contributed by atoms with Crippen molar-refractivity contribution in [1.82, 2.24) is 9.80 Å². The van der Waals surface area contributed by atoms with E-state index in [9.17, 15) is 9.59 Å². The number of hydrogen-bond acceptors (Lipinski definition) is 3. The van der Waals surface area contributed by atoms with Crippen LogP contribution in [0.5, 0.6) is 0 Å². The van der Waals surface area contributed by atoms with Crippen LogP contribution in [0.2, 0.25) is 0 Å². The van der Waals surface area contributed by atoms with E-state index in [1.54, 1.807) is 30.7 Å². The molecular formula is C12H24ClN3O2. The second-order valence-corrected chi connectivity index (χ2v) is 5.35. The van der Waals surface area contributed by atoms with Gasteiger partial charge in [0.15, 0.2) is 0 Å². The van der Waals surface area contributed by atoms with Crippen LogP contribution in [-0.2, 0) is 9.59 Å². The largest absolute Gasteiger partial charge is 0.342 e. The minimum Gasteiger partial charge on any atom is -0.342 e. The van der Waals surface area contributed by atoms with E-state index < -0.39 is 5.54 Å². The van der Waals surface area contributed by atoms with Gasteiger partial charge in [-0.05, 0) is 27.2 Å². The highest BCUT2D eigenvalue weighted by molar-refractivity contribution is 5.91. The third kappa shape index (κ3) is 3.59. The Hall–Kier alpha value is -0.810. The molecule has 5 nitrogen and oxygen atoms in total. The van der Waals surface area contributed by atoms with Gasteiger partial charge in [-0.1, -0.05) is 0 Å². The van der Waals surface area contributed by atoms with Crippen molar-refractivity contribution >= 4 is 24.2 Å². The molecular weight excluding hydrogens is 254 g/mol. The Morgan fingerprint density at radius 2 is 2.00 bits per heavy atom. The van der Waals surface area contributed by atoms with Crippen molar-refractivity contribution in [2.24, 2.45) is 5.73 Å². The molecule has 106 valence electrons. The van der Waals surface area contributed by atoms with E-state index in [4.69, 9.17) is 5.73 Å². The smallest absolute Gasteiger partial charge is 0.247 e. The van der Waals surface area contributed by atoms with E-state index >= 15 is 0 Å². The number of amides is 2. The highest BCUT2D eigenvalue weighted by atomic mass is 35.5. The Balaban J connectivity index is 0.00000289. The zero-order valence-corrected chi connectivity index (χ0v) is 12.4. The summed E-state index contributed by atoms with van der Waals surface area (Å²) < 4.78 is 0. The van der Waals surface area contributed by atoms with Gasteiger partial charge in [-0.3, -0.25) is 9.59 Å². The molecule has 1 heterocycles. The van der Waals surface area contributed by atoms with Gasteiger partial charge in [-0.25, -0.2) is 0 Å². The number of rotatable bonds is 3. The van der Waals surface area contributed by atoms with Gasteiger partial charge in [0.2, 0.25) is 11.8 Å². The van der Waals surface area contributed by atoms with Gasteiger partial charge in [0.05, 0.1) is 0 Å². The van der Waals surface area contributed by atoms with Crippen LogP contribution in [0.15, 0.2) is 0 Å². The molecule has 1 saturated heterocycles. The van der Waals surface area contributed by atoms with Crippen LogP contribution in [0, 0.1) is 0 Å². The lowest BCUT2D eigenvalue weighted by molar-refractivity contribution is -0.157. The molecule has 1 fully saturated rings. The quantitative estimate of drug-likeness (QED) is 0.822. The molecule has 1 aliphatic rings. The molecule has 1 aliphatic heterocycles. The highest BCUT2D eigenvalue weighted by Gasteiger charge is 2.42. The fourth-order valence-corrected chi connectivity index (χ4v) is 2.14. The van der Waals surface area contributed by atoms with Crippen LogP contribution in [0.1, 0.15) is 33.6 Å². The maximum atomic E-state index is 12.1. The number of carbonyl (C=O) groups excluding carboxylic acids is 2. The molecule has 1 rings (SSSR count). The summed E-state index contributed by atoms with van der Waals surface area (Å²) >= 11 is 0. The first kappa shape index (κ1) is 17.2. The Labute approximate surface area is 115 Å². The van der Waals surface area contributed by atoms with Crippen molar-refractivity contribution in [3.05, 3.63) is 0 Å². The molecule has 0 radical (unpaired) electrons. The summed E-state index contributed by atoms with van der Waals surface area (Å²) in [5, 5.41) is 0. The number of nitrogens with zero attached hydrogens (tertiary/aromatic N) is 2. The lowest BCUT2D eigenvalue weighted by Gasteiger charge is -2.44. The number of carbonyl (C=O) groups is 2. The number of halogens is 1. The number of likely N-dealkylation sites (N-methyl/N-ethyl adjacent to an activating group) is 1. The van der Waals surface area contributed by atoms with E-state index in [1.165, 1.54) is 0 Å². The van der Waals surface area contributed by atoms with Gasteiger partial charge >= 0.3 is 0 Å². The molecule has 2 N–H and O–H groups in total. The molecule has 6 heteroatoms. The Morgan fingerprint density at radius 1 is 1.44 bits per heavy atom. The molecule has 0 spiro atoms. The van der Waals surface area contributed by atoms with Gasteiger partial charge in [0.25, 0.3) is 0 Å². The first-order chi connectivity index (χ1) is 7.76. The fourth-order valence-electron chi connectivity index (χ4n) is 2.14. The molecule has 0 aromatic carbocycles. The zero-order valence-electron chi connectivity index (χ0n) is 11.6. The summed E-state index contributed by atoms with van der Waals surface area (Å²) in [6.07, 6.45) is 1.08. The third-order valence-corrected chi connectivity index (χ3v) is 3.32. The molecule has 0 bridgehead atoms. The minimum absolute atomic E-state index is 0. The lowest BCUT2D eigenvalue weighted by atomic mass is 9.97. The van der Waals surface area contributed by atoms with Crippen LogP contribution in [0.3, 0.4) is 0 Å². The maximum Gasteiger partial charge on any atom is 0.247 e. The van der Waals surface area contributed by atoms with Crippen LogP contribution < -0.4 is 5.73 Å². The molecule has 0 saturated carbocycles. The Morgan fingerprint density at radius 3 is 2.50 bits per heavy atom. The van der Waals surface area contributed by atoms with Crippen molar-refractivity contribution in [2.75, 3.05) is 20.1 Å². The summed E-state index contributed by atoms with van der Waals surface area (Å²) in [5.41, 5.74) is 4.91. The molecule has 0 aromatic heterocycles. The summed E-state index contributed by atoms with van der Waals surface area (Å²) in [7, 11) is 1.77. The Kier molecular flexibility index (Phi) is 6.10. The second kappa shape index (κ2) is 6.38. The first-order valence-electron chi connectivity index (χ1n) is 6.08. The van der Waals surface area contributed by atoms with Crippen LogP contribution >= 0.6 is 12.4 Å². The van der Waals surface area contributed by atoms with E-state index in [-0.39, 0.29) is 30.3 Å². The Bertz CT molecular complexity index is 318. The summed E-state index contributed by atoms with van der Waals surface area (Å²) in [6.45, 7) is 6.69. The van der Waals surface area contributed by atoms with Gasteiger partial charge < -0.3 is 15.5 Å². The molecule has 1 unspecified atom stereocenters. The van der Waals surface area contributed by atoms with Crippen molar-refractivity contribution in [2.45, 2.75) is 45.2 Å². The molecule has 0 aromatic rings. The van der Waals surface area contributed by atoms with Crippen LogP contribution in [-0.4, -0.2) is 53.3 Å². The summed E-state index contributed by atoms with van der Waals surface area (Å²) in [6, 6.07) is 0.0187. The van der Waals surface area contributed by atoms with E-state index in [2.05, 4.69) is 0 Å². The fraction of sp³-hybridized carbons (Fsp3) is 0.833. The molecule has 2 amide bonds. The normalized spacial score (nSPS) is 20.4. The summed E-state index contributed by atoms with van der Waals surface area (Å²) in [5.74, 6) is 0.0200. The molecule has 18 heavy (non-hydrogen) atoms. The monoisotopic (exact) mass is 277 g/mol. The van der Waals surface area contributed by atoms with Gasteiger partial charge in [0, 0.05) is 32.6 Å². The van der Waals surface area contributed by atoms with E-state index in [1.807, 2.05) is 6.92 Å².